The van der Waals surface area contributed by atoms with E-state index in [0.29, 0.717) is 18.9 Å². The minimum absolute atomic E-state index is 0.103. The number of pyridine rings is 1. The first-order chi connectivity index (χ1) is 9.54. The van der Waals surface area contributed by atoms with Gasteiger partial charge >= 0.3 is 0 Å². The van der Waals surface area contributed by atoms with Gasteiger partial charge in [0.05, 0.1) is 17.1 Å². The fraction of sp³-hybridized carbons (Fsp3) is 0.455. The standard InChI is InChI=1S/C11H17N5O4/c1-2-3-15(4-5-17)11-9(10(12)14-18)6-8(7-13-11)16(19)20/h6-7,17-18H,2-5H2,1H3,(H2,12,14). The minimum Gasteiger partial charge on any atom is -0.409 e. The Morgan fingerprint density at radius 2 is 2.30 bits per heavy atom. The fourth-order valence-corrected chi connectivity index (χ4v) is 1.75. The molecule has 0 radical (unpaired) electrons. The summed E-state index contributed by atoms with van der Waals surface area (Å²) in [5, 5.41) is 31.5. The Bertz CT molecular complexity index is 500. The van der Waals surface area contributed by atoms with Crippen LogP contribution in [0.25, 0.3) is 0 Å². The highest BCUT2D eigenvalue weighted by molar-refractivity contribution is 6.01. The zero-order valence-corrected chi connectivity index (χ0v) is 11.1. The van der Waals surface area contributed by atoms with Crippen LogP contribution in [0.4, 0.5) is 11.5 Å². The van der Waals surface area contributed by atoms with Crippen LogP contribution in [0.2, 0.25) is 0 Å². The van der Waals surface area contributed by atoms with Crippen LogP contribution in [0.3, 0.4) is 0 Å². The highest BCUT2D eigenvalue weighted by Crippen LogP contribution is 2.22. The molecule has 9 nitrogen and oxygen atoms in total. The molecule has 0 fully saturated rings. The Kier molecular flexibility index (Phi) is 5.66. The van der Waals surface area contributed by atoms with Crippen molar-refractivity contribution >= 4 is 17.3 Å². The quantitative estimate of drug-likeness (QED) is 0.215. The van der Waals surface area contributed by atoms with E-state index in [1.54, 1.807) is 4.90 Å². The Morgan fingerprint density at radius 1 is 1.60 bits per heavy atom. The van der Waals surface area contributed by atoms with Crippen molar-refractivity contribution in [1.82, 2.24) is 4.98 Å². The first-order valence-corrected chi connectivity index (χ1v) is 6.03. The van der Waals surface area contributed by atoms with E-state index < -0.39 is 4.92 Å². The van der Waals surface area contributed by atoms with Crippen molar-refractivity contribution in [3.05, 3.63) is 27.9 Å². The molecule has 0 atom stereocenters. The van der Waals surface area contributed by atoms with Crippen molar-refractivity contribution in [1.29, 1.82) is 0 Å². The van der Waals surface area contributed by atoms with Crippen LogP contribution in [0.5, 0.6) is 0 Å². The predicted molar refractivity (Wildman–Crippen MR) is 73.0 cm³/mol. The summed E-state index contributed by atoms with van der Waals surface area (Å²) in [5.74, 6) is 0.0667. The summed E-state index contributed by atoms with van der Waals surface area (Å²) in [6, 6.07) is 1.19. The highest BCUT2D eigenvalue weighted by atomic mass is 16.6. The summed E-state index contributed by atoms with van der Waals surface area (Å²) >= 11 is 0. The van der Waals surface area contributed by atoms with E-state index in [1.165, 1.54) is 6.07 Å². The van der Waals surface area contributed by atoms with Gasteiger partial charge in [-0.3, -0.25) is 10.1 Å². The fourth-order valence-electron chi connectivity index (χ4n) is 1.75. The van der Waals surface area contributed by atoms with E-state index in [4.69, 9.17) is 16.0 Å². The number of aromatic nitrogens is 1. The van der Waals surface area contributed by atoms with Gasteiger partial charge < -0.3 is 20.9 Å². The first kappa shape index (κ1) is 15.6. The minimum atomic E-state index is -0.610. The molecule has 1 heterocycles. The van der Waals surface area contributed by atoms with Gasteiger partial charge in [0.1, 0.15) is 12.0 Å². The molecule has 0 saturated carbocycles. The highest BCUT2D eigenvalue weighted by Gasteiger charge is 2.19. The second-order valence-electron chi connectivity index (χ2n) is 4.02. The van der Waals surface area contributed by atoms with Crippen LogP contribution in [-0.2, 0) is 0 Å². The first-order valence-electron chi connectivity index (χ1n) is 6.03. The molecule has 0 aliphatic rings. The third kappa shape index (κ3) is 3.54. The van der Waals surface area contributed by atoms with E-state index in [2.05, 4.69) is 10.1 Å². The van der Waals surface area contributed by atoms with Crippen LogP contribution in [0.1, 0.15) is 18.9 Å². The zero-order valence-electron chi connectivity index (χ0n) is 11.1. The summed E-state index contributed by atoms with van der Waals surface area (Å²) < 4.78 is 0. The average molecular weight is 283 g/mol. The number of nitrogens with two attached hydrogens (primary N) is 1. The molecule has 1 aromatic heterocycles. The smallest absolute Gasteiger partial charge is 0.288 e. The molecule has 0 bridgehead atoms. The van der Waals surface area contributed by atoms with Crippen LogP contribution < -0.4 is 10.6 Å². The van der Waals surface area contributed by atoms with Gasteiger partial charge in [0.25, 0.3) is 5.69 Å². The summed E-state index contributed by atoms with van der Waals surface area (Å²) in [5.41, 5.74) is 5.44. The van der Waals surface area contributed by atoms with Gasteiger partial charge in [-0.25, -0.2) is 4.98 Å². The molecule has 0 aliphatic carbocycles. The zero-order chi connectivity index (χ0) is 15.1. The number of nitrogens with zero attached hydrogens (tertiary/aromatic N) is 4. The van der Waals surface area contributed by atoms with Gasteiger partial charge in [-0.2, -0.15) is 0 Å². The lowest BCUT2D eigenvalue weighted by Gasteiger charge is -2.24. The summed E-state index contributed by atoms with van der Waals surface area (Å²) in [4.78, 5) is 15.9. The van der Waals surface area contributed by atoms with Crippen molar-refractivity contribution in [3.8, 4) is 0 Å². The normalized spacial score (nSPS) is 11.4. The van der Waals surface area contributed by atoms with Crippen molar-refractivity contribution in [2.24, 2.45) is 10.9 Å². The van der Waals surface area contributed by atoms with Crippen molar-refractivity contribution in [2.75, 3.05) is 24.6 Å². The van der Waals surface area contributed by atoms with Crippen molar-refractivity contribution in [3.63, 3.8) is 0 Å². The summed E-state index contributed by atoms with van der Waals surface area (Å²) in [6.45, 7) is 2.72. The molecule has 110 valence electrons. The molecule has 0 aromatic carbocycles. The number of rotatable bonds is 7. The SMILES string of the molecule is CCCN(CCO)c1ncc([N+](=O)[O-])cc1C(N)=NO. The average Bonchev–Trinajstić information content (AvgIpc) is 2.45. The molecule has 20 heavy (non-hydrogen) atoms. The number of amidine groups is 1. The topological polar surface area (TPSA) is 138 Å². The number of nitro groups is 1. The lowest BCUT2D eigenvalue weighted by Crippen LogP contribution is -2.31. The lowest BCUT2D eigenvalue weighted by molar-refractivity contribution is -0.385. The van der Waals surface area contributed by atoms with Crippen molar-refractivity contribution < 1.29 is 15.2 Å². The van der Waals surface area contributed by atoms with E-state index in [0.717, 1.165) is 12.6 Å². The van der Waals surface area contributed by atoms with E-state index in [-0.39, 0.29) is 23.7 Å². The van der Waals surface area contributed by atoms with E-state index >= 15 is 0 Å². The molecular weight excluding hydrogens is 266 g/mol. The number of hydrogen-bond acceptors (Lipinski definition) is 7. The molecule has 1 rings (SSSR count). The van der Waals surface area contributed by atoms with Gasteiger partial charge in [0.2, 0.25) is 0 Å². The van der Waals surface area contributed by atoms with Crippen LogP contribution in [0.15, 0.2) is 17.4 Å². The number of aliphatic hydroxyl groups is 1. The monoisotopic (exact) mass is 283 g/mol. The van der Waals surface area contributed by atoms with Gasteiger partial charge in [-0.05, 0) is 6.42 Å². The van der Waals surface area contributed by atoms with Gasteiger partial charge in [0.15, 0.2) is 5.84 Å². The Balaban J connectivity index is 3.32. The Hall–Kier alpha value is -2.42. The number of aliphatic hydroxyl groups excluding tert-OH is 1. The molecule has 9 heteroatoms. The van der Waals surface area contributed by atoms with Crippen LogP contribution in [-0.4, -0.2) is 45.8 Å². The number of oxime groups is 1. The summed E-state index contributed by atoms with van der Waals surface area (Å²) in [7, 11) is 0. The largest absolute Gasteiger partial charge is 0.409 e. The molecule has 0 saturated heterocycles. The van der Waals surface area contributed by atoms with Gasteiger partial charge in [-0.1, -0.05) is 12.1 Å². The Morgan fingerprint density at radius 3 is 2.80 bits per heavy atom. The van der Waals surface area contributed by atoms with Crippen molar-refractivity contribution in [2.45, 2.75) is 13.3 Å². The number of anilines is 1. The maximum absolute atomic E-state index is 10.8. The predicted octanol–water partition coefficient (Wildman–Crippen LogP) is 0.293. The van der Waals surface area contributed by atoms with Gasteiger partial charge in [0, 0.05) is 19.2 Å². The Labute approximate surface area is 115 Å². The van der Waals surface area contributed by atoms with Gasteiger partial charge in [-0.15, -0.1) is 0 Å². The second kappa shape index (κ2) is 7.24. The lowest BCUT2D eigenvalue weighted by atomic mass is 10.2. The van der Waals surface area contributed by atoms with E-state index in [1.807, 2.05) is 6.92 Å². The molecule has 1 aromatic rings. The third-order valence-electron chi connectivity index (χ3n) is 2.61. The third-order valence-corrected chi connectivity index (χ3v) is 2.61. The molecule has 0 spiro atoms. The van der Waals surface area contributed by atoms with E-state index in [9.17, 15) is 10.1 Å². The van der Waals surface area contributed by atoms with Crippen LogP contribution >= 0.6 is 0 Å². The molecule has 4 N–H and O–H groups in total. The van der Waals surface area contributed by atoms with Crippen LogP contribution in [0, 0.1) is 10.1 Å². The molecule has 0 aliphatic heterocycles. The molecule has 0 amide bonds. The molecule has 0 unspecified atom stereocenters. The second-order valence-corrected chi connectivity index (χ2v) is 4.02. The molecular formula is C11H17N5O4. The summed E-state index contributed by atoms with van der Waals surface area (Å²) in [6.07, 6.45) is 1.89. The maximum Gasteiger partial charge on any atom is 0.288 e. The maximum atomic E-state index is 10.8. The number of hydrogen-bond donors (Lipinski definition) is 3.